The van der Waals surface area contributed by atoms with Crippen LogP contribution in [0.15, 0.2) is 55.1 Å². The molecule has 6 heterocycles. The predicted molar refractivity (Wildman–Crippen MR) is 117 cm³/mol. The molecule has 0 fully saturated rings. The highest BCUT2D eigenvalue weighted by molar-refractivity contribution is 5.94. The number of H-pyrrole nitrogens is 2. The lowest BCUT2D eigenvalue weighted by Gasteiger charge is -2.03. The molecule has 0 aliphatic heterocycles. The largest absolute Gasteiger partial charge is 0.335 e. The Kier molecular flexibility index (Phi) is 3.69. The average Bonchev–Trinajstić information content (AvgIpc) is 3.50. The number of pyridine rings is 3. The van der Waals surface area contributed by atoms with Crippen molar-refractivity contribution in [2.75, 3.05) is 0 Å². The molecule has 0 bridgehead atoms. The Hall–Kier alpha value is -4.40. The second-order valence-electron chi connectivity index (χ2n) is 7.30. The van der Waals surface area contributed by atoms with Crippen LogP contribution in [0.4, 0.5) is 0 Å². The van der Waals surface area contributed by atoms with Gasteiger partial charge in [0.1, 0.15) is 11.3 Å². The lowest BCUT2D eigenvalue weighted by atomic mass is 10.1. The molecule has 0 aliphatic rings. The van der Waals surface area contributed by atoms with Crippen LogP contribution in [0.1, 0.15) is 5.82 Å². The molecule has 6 rings (SSSR count). The summed E-state index contributed by atoms with van der Waals surface area (Å²) in [7, 11) is 1.98. The standard InChI is InChI=1S/C22H17N9/c1-12-25-11-17(31(12)2)15-5-6-16-19(26-15)20(30-29-16)22-27-18-14(7-9-24-21(18)28-22)13-4-3-8-23-10-13/h3-11H,1-2H3,(H,29,30)(H,24,27,28). The summed E-state index contributed by atoms with van der Waals surface area (Å²) in [6.45, 7) is 1.96. The number of hydrogen-bond donors (Lipinski definition) is 2. The number of fused-ring (bicyclic) bond motifs is 2. The van der Waals surface area contributed by atoms with Crippen molar-refractivity contribution in [3.63, 3.8) is 0 Å². The van der Waals surface area contributed by atoms with Crippen molar-refractivity contribution >= 4 is 22.2 Å². The number of nitrogens with zero attached hydrogens (tertiary/aromatic N) is 7. The van der Waals surface area contributed by atoms with Crippen LogP contribution in [0.2, 0.25) is 0 Å². The van der Waals surface area contributed by atoms with E-state index in [1.54, 1.807) is 12.4 Å². The summed E-state index contributed by atoms with van der Waals surface area (Å²) in [5.74, 6) is 1.53. The molecule has 0 aromatic carbocycles. The van der Waals surface area contributed by atoms with Crippen LogP contribution in [-0.4, -0.2) is 44.7 Å². The van der Waals surface area contributed by atoms with Gasteiger partial charge < -0.3 is 9.55 Å². The van der Waals surface area contributed by atoms with Crippen LogP contribution in [0.5, 0.6) is 0 Å². The zero-order chi connectivity index (χ0) is 20.9. The van der Waals surface area contributed by atoms with Gasteiger partial charge in [-0.3, -0.25) is 10.1 Å². The molecule has 9 nitrogen and oxygen atoms in total. The fourth-order valence-corrected chi connectivity index (χ4v) is 3.73. The summed E-state index contributed by atoms with van der Waals surface area (Å²) in [6.07, 6.45) is 7.15. The van der Waals surface area contributed by atoms with E-state index in [9.17, 15) is 0 Å². The van der Waals surface area contributed by atoms with E-state index in [0.717, 1.165) is 44.9 Å². The van der Waals surface area contributed by atoms with Crippen molar-refractivity contribution in [1.82, 2.24) is 44.7 Å². The first-order chi connectivity index (χ1) is 15.2. The Morgan fingerprint density at radius 1 is 0.968 bits per heavy atom. The molecule has 0 spiro atoms. The fraction of sp³-hybridized carbons (Fsp3) is 0.0909. The lowest BCUT2D eigenvalue weighted by Crippen LogP contribution is -1.96. The Morgan fingerprint density at radius 3 is 2.71 bits per heavy atom. The van der Waals surface area contributed by atoms with Gasteiger partial charge in [-0.2, -0.15) is 5.10 Å². The Balaban J connectivity index is 1.52. The number of rotatable bonds is 3. The van der Waals surface area contributed by atoms with Crippen LogP contribution < -0.4 is 0 Å². The number of aromatic amines is 2. The molecule has 9 heteroatoms. The Labute approximate surface area is 176 Å². The molecular weight excluding hydrogens is 390 g/mol. The molecule has 2 N–H and O–H groups in total. The predicted octanol–water partition coefficient (Wildman–Crippen LogP) is 3.67. The molecule has 0 atom stereocenters. The zero-order valence-electron chi connectivity index (χ0n) is 16.8. The van der Waals surface area contributed by atoms with Gasteiger partial charge in [0.2, 0.25) is 0 Å². The van der Waals surface area contributed by atoms with E-state index >= 15 is 0 Å². The van der Waals surface area contributed by atoms with Crippen molar-refractivity contribution in [2.45, 2.75) is 6.92 Å². The highest BCUT2D eigenvalue weighted by atomic mass is 15.2. The molecule has 6 aromatic heterocycles. The van der Waals surface area contributed by atoms with Crippen molar-refractivity contribution in [3.8, 4) is 34.0 Å². The Bertz CT molecular complexity index is 1560. The van der Waals surface area contributed by atoms with Crippen molar-refractivity contribution in [2.24, 2.45) is 7.05 Å². The Morgan fingerprint density at radius 2 is 1.90 bits per heavy atom. The maximum Gasteiger partial charge on any atom is 0.178 e. The van der Waals surface area contributed by atoms with Crippen LogP contribution in [-0.2, 0) is 7.05 Å². The van der Waals surface area contributed by atoms with E-state index in [1.807, 2.05) is 61.3 Å². The minimum atomic E-state index is 0.607. The van der Waals surface area contributed by atoms with Crippen LogP contribution >= 0.6 is 0 Å². The lowest BCUT2D eigenvalue weighted by molar-refractivity contribution is 0.862. The highest BCUT2D eigenvalue weighted by Crippen LogP contribution is 2.30. The smallest absolute Gasteiger partial charge is 0.178 e. The van der Waals surface area contributed by atoms with Crippen LogP contribution in [0.25, 0.3) is 56.2 Å². The number of imidazole rings is 2. The highest BCUT2D eigenvalue weighted by Gasteiger charge is 2.18. The van der Waals surface area contributed by atoms with Gasteiger partial charge >= 0.3 is 0 Å². The molecule has 150 valence electrons. The third-order valence-electron chi connectivity index (χ3n) is 5.48. The molecule has 0 saturated carbocycles. The summed E-state index contributed by atoms with van der Waals surface area (Å²) in [4.78, 5) is 26.0. The first kappa shape index (κ1) is 17.5. The van der Waals surface area contributed by atoms with Gasteiger partial charge in [0.25, 0.3) is 0 Å². The summed E-state index contributed by atoms with van der Waals surface area (Å²) < 4.78 is 2.01. The van der Waals surface area contributed by atoms with Gasteiger partial charge in [-0.05, 0) is 31.2 Å². The van der Waals surface area contributed by atoms with Gasteiger partial charge in [-0.15, -0.1) is 0 Å². The summed E-state index contributed by atoms with van der Waals surface area (Å²) in [5.41, 5.74) is 7.40. The SMILES string of the molecule is Cc1ncc(-c2ccc3[nH]nc(-c4nc5nccc(-c6cccnc6)c5[nH]4)c3n2)n1C. The van der Waals surface area contributed by atoms with E-state index in [4.69, 9.17) is 4.98 Å². The van der Waals surface area contributed by atoms with Gasteiger partial charge in [0, 0.05) is 36.8 Å². The van der Waals surface area contributed by atoms with E-state index in [-0.39, 0.29) is 0 Å². The summed E-state index contributed by atoms with van der Waals surface area (Å²) >= 11 is 0. The number of nitrogens with one attached hydrogen (secondary N) is 2. The summed E-state index contributed by atoms with van der Waals surface area (Å²) in [5, 5.41) is 7.53. The molecule has 31 heavy (non-hydrogen) atoms. The van der Waals surface area contributed by atoms with Crippen molar-refractivity contribution in [1.29, 1.82) is 0 Å². The van der Waals surface area contributed by atoms with E-state index in [0.29, 0.717) is 17.2 Å². The van der Waals surface area contributed by atoms with Gasteiger partial charge in [-0.25, -0.2) is 19.9 Å². The maximum atomic E-state index is 4.86. The topological polar surface area (TPSA) is 114 Å². The van der Waals surface area contributed by atoms with Gasteiger partial charge in [0.05, 0.1) is 28.6 Å². The van der Waals surface area contributed by atoms with Gasteiger partial charge in [0.15, 0.2) is 17.2 Å². The summed E-state index contributed by atoms with van der Waals surface area (Å²) in [6, 6.07) is 9.80. The number of aromatic nitrogens is 9. The number of hydrogen-bond acceptors (Lipinski definition) is 6. The minimum Gasteiger partial charge on any atom is -0.335 e. The van der Waals surface area contributed by atoms with E-state index in [1.165, 1.54) is 0 Å². The normalized spacial score (nSPS) is 11.5. The van der Waals surface area contributed by atoms with Crippen molar-refractivity contribution in [3.05, 3.63) is 60.9 Å². The van der Waals surface area contributed by atoms with E-state index in [2.05, 4.69) is 35.1 Å². The third kappa shape index (κ3) is 2.71. The first-order valence-corrected chi connectivity index (χ1v) is 9.78. The monoisotopic (exact) mass is 407 g/mol. The molecule has 0 aliphatic carbocycles. The molecule has 0 amide bonds. The molecule has 6 aromatic rings. The second-order valence-corrected chi connectivity index (χ2v) is 7.30. The third-order valence-corrected chi connectivity index (χ3v) is 5.48. The second kappa shape index (κ2) is 6.56. The zero-order valence-corrected chi connectivity index (χ0v) is 16.8. The maximum absolute atomic E-state index is 4.86. The molecular formula is C22H17N9. The number of aryl methyl sites for hydroxylation is 1. The minimum absolute atomic E-state index is 0.607. The quantitative estimate of drug-likeness (QED) is 0.463. The molecule has 0 unspecified atom stereocenters. The fourth-order valence-electron chi connectivity index (χ4n) is 3.73. The first-order valence-electron chi connectivity index (χ1n) is 9.78. The van der Waals surface area contributed by atoms with Crippen molar-refractivity contribution < 1.29 is 0 Å². The van der Waals surface area contributed by atoms with Gasteiger partial charge in [-0.1, -0.05) is 6.07 Å². The van der Waals surface area contributed by atoms with Crippen LogP contribution in [0.3, 0.4) is 0 Å². The molecule has 0 radical (unpaired) electrons. The van der Waals surface area contributed by atoms with E-state index < -0.39 is 0 Å². The average molecular weight is 407 g/mol. The molecule has 0 saturated heterocycles. The van der Waals surface area contributed by atoms with Crippen LogP contribution in [0, 0.1) is 6.92 Å².